The largest absolute Gasteiger partial charge is 0.480 e. The number of aliphatic carboxylic acids is 1. The summed E-state index contributed by atoms with van der Waals surface area (Å²) >= 11 is 0. The third-order valence-corrected chi connectivity index (χ3v) is 2.89. The highest BCUT2D eigenvalue weighted by atomic mass is 16.4. The topological polar surface area (TPSA) is 69.6 Å². The van der Waals surface area contributed by atoms with E-state index < -0.39 is 11.5 Å². The summed E-state index contributed by atoms with van der Waals surface area (Å²) in [7, 11) is 1.96. The maximum atomic E-state index is 11.2. The number of amides is 1. The molecule has 0 aromatic heterocycles. The summed E-state index contributed by atoms with van der Waals surface area (Å²) in [5, 5.41) is 11.8. The fourth-order valence-electron chi connectivity index (χ4n) is 2.00. The Morgan fingerprint density at radius 2 is 2.00 bits per heavy atom. The molecule has 1 unspecified atom stereocenters. The van der Waals surface area contributed by atoms with Crippen molar-refractivity contribution in [1.29, 1.82) is 0 Å². The van der Waals surface area contributed by atoms with Crippen LogP contribution in [0.25, 0.3) is 0 Å². The number of hydrogen-bond donors (Lipinski definition) is 2. The molecule has 86 valence electrons. The molecule has 1 aliphatic heterocycles. The first-order chi connectivity index (χ1) is 6.96. The molecule has 0 aliphatic carbocycles. The van der Waals surface area contributed by atoms with Crippen LogP contribution < -0.4 is 5.32 Å². The van der Waals surface area contributed by atoms with Gasteiger partial charge >= 0.3 is 5.97 Å². The first-order valence-electron chi connectivity index (χ1n) is 5.17. The minimum Gasteiger partial charge on any atom is -0.480 e. The first-order valence-corrected chi connectivity index (χ1v) is 5.17. The van der Waals surface area contributed by atoms with Crippen LogP contribution in [0.4, 0.5) is 0 Å². The molecule has 1 atom stereocenters. The van der Waals surface area contributed by atoms with Gasteiger partial charge in [-0.3, -0.25) is 4.79 Å². The number of carboxylic acids is 1. The number of hydrogen-bond acceptors (Lipinski definition) is 3. The molecular weight excluding hydrogens is 196 g/mol. The summed E-state index contributed by atoms with van der Waals surface area (Å²) in [6.45, 7) is 2.94. The van der Waals surface area contributed by atoms with Crippen LogP contribution in [-0.4, -0.2) is 47.6 Å². The lowest BCUT2D eigenvalue weighted by molar-refractivity contribution is -0.148. The number of carbonyl (C=O) groups is 2. The molecule has 1 heterocycles. The van der Waals surface area contributed by atoms with E-state index in [0.29, 0.717) is 19.4 Å². The average Bonchev–Trinajstić information content (AvgIpc) is 2.28. The lowest BCUT2D eigenvalue weighted by Crippen LogP contribution is -2.54. The molecule has 0 bridgehead atoms. The van der Waals surface area contributed by atoms with Crippen molar-refractivity contribution in [3.05, 3.63) is 0 Å². The van der Waals surface area contributed by atoms with Crippen molar-refractivity contribution in [2.24, 2.45) is 0 Å². The number of nitrogens with zero attached hydrogens (tertiary/aromatic N) is 1. The second-order valence-corrected chi connectivity index (χ2v) is 4.23. The van der Waals surface area contributed by atoms with E-state index in [9.17, 15) is 14.7 Å². The van der Waals surface area contributed by atoms with Crippen LogP contribution in [0.5, 0.6) is 0 Å². The molecule has 0 radical (unpaired) electrons. The normalized spacial score (nSPS) is 28.1. The van der Waals surface area contributed by atoms with Crippen LogP contribution in [0.3, 0.4) is 0 Å². The van der Waals surface area contributed by atoms with Gasteiger partial charge in [0.05, 0.1) is 0 Å². The predicted molar refractivity (Wildman–Crippen MR) is 55.5 cm³/mol. The van der Waals surface area contributed by atoms with Crippen LogP contribution in [0, 0.1) is 0 Å². The highest BCUT2D eigenvalue weighted by Gasteiger charge is 2.40. The third kappa shape index (κ3) is 2.92. The molecule has 5 heteroatoms. The predicted octanol–water partition coefficient (Wildman–Crippen LogP) is 0.0616. The number of carboxylic acid groups (broad SMARTS) is 1. The summed E-state index contributed by atoms with van der Waals surface area (Å²) in [6.07, 6.45) is 1.77. The van der Waals surface area contributed by atoms with Crippen molar-refractivity contribution in [2.75, 3.05) is 20.1 Å². The summed E-state index contributed by atoms with van der Waals surface area (Å²) < 4.78 is 0. The molecule has 0 aromatic carbocycles. The van der Waals surface area contributed by atoms with E-state index in [0.717, 1.165) is 13.0 Å². The lowest BCUT2D eigenvalue weighted by Gasteiger charge is -2.28. The van der Waals surface area contributed by atoms with Gasteiger partial charge in [-0.05, 0) is 32.9 Å². The minimum absolute atomic E-state index is 0.276. The van der Waals surface area contributed by atoms with Crippen LogP contribution in [-0.2, 0) is 9.59 Å². The van der Waals surface area contributed by atoms with E-state index in [1.807, 2.05) is 7.05 Å². The van der Waals surface area contributed by atoms with E-state index in [4.69, 9.17) is 0 Å². The van der Waals surface area contributed by atoms with Gasteiger partial charge in [-0.2, -0.15) is 0 Å². The van der Waals surface area contributed by atoms with Crippen LogP contribution in [0.1, 0.15) is 26.2 Å². The van der Waals surface area contributed by atoms with E-state index in [-0.39, 0.29) is 5.91 Å². The SMILES string of the molecule is CC(=O)NC1(C(=O)O)CCCN(C)CC1. The van der Waals surface area contributed by atoms with Gasteiger partial charge in [0.15, 0.2) is 0 Å². The molecule has 1 amide bonds. The van der Waals surface area contributed by atoms with Gasteiger partial charge in [-0.1, -0.05) is 0 Å². The third-order valence-electron chi connectivity index (χ3n) is 2.89. The Morgan fingerprint density at radius 3 is 2.53 bits per heavy atom. The van der Waals surface area contributed by atoms with Crippen molar-refractivity contribution in [1.82, 2.24) is 10.2 Å². The molecule has 5 nitrogen and oxygen atoms in total. The Hall–Kier alpha value is -1.10. The average molecular weight is 214 g/mol. The van der Waals surface area contributed by atoms with Gasteiger partial charge < -0.3 is 15.3 Å². The van der Waals surface area contributed by atoms with E-state index in [1.54, 1.807) is 0 Å². The van der Waals surface area contributed by atoms with Crippen molar-refractivity contribution in [2.45, 2.75) is 31.7 Å². The first kappa shape index (κ1) is 12.0. The monoisotopic (exact) mass is 214 g/mol. The molecule has 0 spiro atoms. The van der Waals surface area contributed by atoms with E-state index in [1.165, 1.54) is 6.92 Å². The standard InChI is InChI=1S/C10H18N2O3/c1-8(13)11-10(9(14)15)4-3-6-12(2)7-5-10/h3-7H2,1-2H3,(H,11,13)(H,14,15). The quantitative estimate of drug-likeness (QED) is 0.682. The van der Waals surface area contributed by atoms with Crippen molar-refractivity contribution in [3.63, 3.8) is 0 Å². The Balaban J connectivity index is 2.80. The molecule has 1 saturated heterocycles. The van der Waals surface area contributed by atoms with Crippen molar-refractivity contribution in [3.8, 4) is 0 Å². The summed E-state index contributed by atoms with van der Waals surface area (Å²) in [5.74, 6) is -1.20. The summed E-state index contributed by atoms with van der Waals surface area (Å²) in [6, 6.07) is 0. The minimum atomic E-state index is -1.06. The fraction of sp³-hybridized carbons (Fsp3) is 0.800. The number of likely N-dealkylation sites (tertiary alicyclic amines) is 1. The van der Waals surface area contributed by atoms with Gasteiger partial charge in [0, 0.05) is 13.5 Å². The van der Waals surface area contributed by atoms with E-state index >= 15 is 0 Å². The molecule has 0 saturated carbocycles. The molecule has 0 aromatic rings. The van der Waals surface area contributed by atoms with Gasteiger partial charge in [0.25, 0.3) is 0 Å². The molecule has 1 rings (SSSR count). The number of carbonyl (C=O) groups excluding carboxylic acids is 1. The zero-order valence-electron chi connectivity index (χ0n) is 9.25. The smallest absolute Gasteiger partial charge is 0.329 e. The highest BCUT2D eigenvalue weighted by molar-refractivity contribution is 5.86. The Labute approximate surface area is 89.4 Å². The maximum absolute atomic E-state index is 11.2. The number of nitrogens with one attached hydrogen (secondary N) is 1. The van der Waals surface area contributed by atoms with Gasteiger partial charge in [0.2, 0.25) is 5.91 Å². The summed E-state index contributed by atoms with van der Waals surface area (Å²) in [4.78, 5) is 24.4. The van der Waals surface area contributed by atoms with Gasteiger partial charge in [-0.25, -0.2) is 4.79 Å². The molecular formula is C10H18N2O3. The van der Waals surface area contributed by atoms with Gasteiger partial charge in [-0.15, -0.1) is 0 Å². The number of rotatable bonds is 2. The molecule has 15 heavy (non-hydrogen) atoms. The lowest BCUT2D eigenvalue weighted by atomic mass is 9.90. The molecule has 1 aliphatic rings. The van der Waals surface area contributed by atoms with Crippen molar-refractivity contribution < 1.29 is 14.7 Å². The molecule has 2 N–H and O–H groups in total. The van der Waals surface area contributed by atoms with Gasteiger partial charge in [0.1, 0.15) is 5.54 Å². The van der Waals surface area contributed by atoms with Crippen LogP contribution in [0.2, 0.25) is 0 Å². The fourth-order valence-corrected chi connectivity index (χ4v) is 2.00. The van der Waals surface area contributed by atoms with Crippen LogP contribution in [0.15, 0.2) is 0 Å². The van der Waals surface area contributed by atoms with Crippen molar-refractivity contribution >= 4 is 11.9 Å². The van der Waals surface area contributed by atoms with E-state index in [2.05, 4.69) is 10.2 Å². The molecule has 1 fully saturated rings. The zero-order valence-corrected chi connectivity index (χ0v) is 9.25. The second-order valence-electron chi connectivity index (χ2n) is 4.23. The highest BCUT2D eigenvalue weighted by Crippen LogP contribution is 2.22. The zero-order chi connectivity index (χ0) is 11.5. The Kier molecular flexibility index (Phi) is 3.68. The summed E-state index contributed by atoms with van der Waals surface area (Å²) in [5.41, 5.74) is -1.06. The Morgan fingerprint density at radius 1 is 1.33 bits per heavy atom. The van der Waals surface area contributed by atoms with Crippen LogP contribution >= 0.6 is 0 Å². The maximum Gasteiger partial charge on any atom is 0.329 e. The second kappa shape index (κ2) is 4.61. The Bertz CT molecular complexity index is 267.